The van der Waals surface area contributed by atoms with Gasteiger partial charge in [0.05, 0.1) is 12.0 Å². The molecule has 0 aliphatic carbocycles. The molecule has 1 fully saturated rings. The summed E-state index contributed by atoms with van der Waals surface area (Å²) < 4.78 is 0. The molecule has 1 saturated heterocycles. The summed E-state index contributed by atoms with van der Waals surface area (Å²) in [6, 6.07) is 20.2. The van der Waals surface area contributed by atoms with E-state index in [9.17, 15) is 9.59 Å². The molecule has 0 bridgehead atoms. The highest BCUT2D eigenvalue weighted by Gasteiger charge is 2.49. The third-order valence-corrected chi connectivity index (χ3v) is 5.90. The number of rotatable bonds is 8. The van der Waals surface area contributed by atoms with Crippen LogP contribution in [0.2, 0.25) is 0 Å². The molecule has 0 unspecified atom stereocenters. The van der Waals surface area contributed by atoms with Gasteiger partial charge in [0, 0.05) is 25.0 Å². The normalized spacial score (nSPS) is 18.8. The van der Waals surface area contributed by atoms with Crippen LogP contribution in [0.15, 0.2) is 60.7 Å². The highest BCUT2D eigenvalue weighted by Crippen LogP contribution is 2.42. The number of β-lactam (4-membered cyclic amide) rings is 1. The van der Waals surface area contributed by atoms with Crippen LogP contribution in [0.3, 0.4) is 0 Å². The Morgan fingerprint density at radius 1 is 1.00 bits per heavy atom. The first-order chi connectivity index (χ1) is 14.3. The molecule has 2 atom stereocenters. The first-order valence-electron chi connectivity index (χ1n) is 11.0. The quantitative estimate of drug-likeness (QED) is 0.565. The predicted molar refractivity (Wildman–Crippen MR) is 121 cm³/mol. The fourth-order valence-electron chi connectivity index (χ4n) is 4.22. The molecule has 0 radical (unpaired) electrons. The Labute approximate surface area is 180 Å². The number of likely N-dealkylation sites (tertiary alicyclic amines) is 1. The second kappa shape index (κ2) is 9.46. The summed E-state index contributed by atoms with van der Waals surface area (Å²) in [5.74, 6) is -0.127. The Morgan fingerprint density at radius 2 is 1.60 bits per heavy atom. The second-order valence-corrected chi connectivity index (χ2v) is 9.19. The number of benzene rings is 2. The Morgan fingerprint density at radius 3 is 2.17 bits per heavy atom. The monoisotopic (exact) mass is 406 g/mol. The Kier molecular flexibility index (Phi) is 6.96. The number of amides is 2. The molecular formula is C26H34N2O2. The van der Waals surface area contributed by atoms with E-state index in [1.54, 1.807) is 0 Å². The van der Waals surface area contributed by atoms with Crippen molar-refractivity contribution >= 4 is 11.8 Å². The van der Waals surface area contributed by atoms with Crippen LogP contribution in [0.5, 0.6) is 0 Å². The lowest BCUT2D eigenvalue weighted by molar-refractivity contribution is -0.162. The van der Waals surface area contributed by atoms with E-state index in [1.165, 1.54) is 0 Å². The van der Waals surface area contributed by atoms with Crippen LogP contribution in [0.25, 0.3) is 0 Å². The van der Waals surface area contributed by atoms with Crippen molar-refractivity contribution in [2.75, 3.05) is 6.54 Å². The van der Waals surface area contributed by atoms with E-state index in [1.807, 2.05) is 58.3 Å². The molecule has 0 saturated carbocycles. The van der Waals surface area contributed by atoms with Gasteiger partial charge in [-0.2, -0.15) is 0 Å². The van der Waals surface area contributed by atoms with Gasteiger partial charge in [0.25, 0.3) is 0 Å². The SMILES string of the molecule is CCCCN1C(=O)[C@H](CC(=O)N(Cc2ccccc2)C(C)(C)C)[C@@H]1c1ccccc1. The van der Waals surface area contributed by atoms with Crippen LogP contribution in [0.4, 0.5) is 0 Å². The van der Waals surface area contributed by atoms with Crippen molar-refractivity contribution in [3.05, 3.63) is 71.8 Å². The number of carbonyl (C=O) groups excluding carboxylic acids is 2. The molecule has 0 N–H and O–H groups in total. The lowest BCUT2D eigenvalue weighted by Crippen LogP contribution is -2.57. The lowest BCUT2D eigenvalue weighted by atomic mass is 9.79. The zero-order valence-corrected chi connectivity index (χ0v) is 18.7. The van der Waals surface area contributed by atoms with Crippen LogP contribution in [0, 0.1) is 5.92 Å². The van der Waals surface area contributed by atoms with E-state index < -0.39 is 0 Å². The summed E-state index contributed by atoms with van der Waals surface area (Å²) in [4.78, 5) is 30.2. The van der Waals surface area contributed by atoms with E-state index >= 15 is 0 Å². The summed E-state index contributed by atoms with van der Waals surface area (Å²) in [6.07, 6.45) is 2.28. The van der Waals surface area contributed by atoms with E-state index in [0.29, 0.717) is 6.54 Å². The van der Waals surface area contributed by atoms with Gasteiger partial charge in [-0.15, -0.1) is 0 Å². The first kappa shape index (κ1) is 22.1. The highest BCUT2D eigenvalue weighted by atomic mass is 16.2. The minimum absolute atomic E-state index is 0.00672. The molecule has 2 amide bonds. The van der Waals surface area contributed by atoms with Crippen LogP contribution in [-0.4, -0.2) is 33.7 Å². The molecule has 2 aromatic rings. The number of hydrogen-bond acceptors (Lipinski definition) is 2. The molecule has 4 heteroatoms. The van der Waals surface area contributed by atoms with Gasteiger partial charge in [0.1, 0.15) is 0 Å². The molecule has 1 heterocycles. The van der Waals surface area contributed by atoms with Crippen LogP contribution in [-0.2, 0) is 16.1 Å². The summed E-state index contributed by atoms with van der Waals surface area (Å²) in [7, 11) is 0. The topological polar surface area (TPSA) is 40.6 Å². The highest BCUT2D eigenvalue weighted by molar-refractivity contribution is 5.91. The van der Waals surface area contributed by atoms with Gasteiger partial charge >= 0.3 is 0 Å². The average molecular weight is 407 g/mol. The molecule has 0 spiro atoms. The van der Waals surface area contributed by atoms with Crippen molar-refractivity contribution in [3.63, 3.8) is 0 Å². The summed E-state index contributed by atoms with van der Waals surface area (Å²) in [5.41, 5.74) is 1.91. The van der Waals surface area contributed by atoms with Gasteiger partial charge in [0.15, 0.2) is 0 Å². The number of hydrogen-bond donors (Lipinski definition) is 0. The number of nitrogens with zero attached hydrogens (tertiary/aromatic N) is 2. The zero-order chi connectivity index (χ0) is 21.7. The smallest absolute Gasteiger partial charge is 0.229 e. The number of carbonyl (C=O) groups is 2. The molecule has 2 aromatic carbocycles. The van der Waals surface area contributed by atoms with Crippen molar-refractivity contribution in [2.45, 2.75) is 65.1 Å². The lowest BCUT2D eigenvalue weighted by Gasteiger charge is -2.48. The first-order valence-corrected chi connectivity index (χ1v) is 11.0. The van der Waals surface area contributed by atoms with Crippen LogP contribution in [0.1, 0.15) is 64.1 Å². The van der Waals surface area contributed by atoms with Gasteiger partial charge in [-0.25, -0.2) is 0 Å². The van der Waals surface area contributed by atoms with Gasteiger partial charge in [-0.3, -0.25) is 9.59 Å². The fourth-order valence-corrected chi connectivity index (χ4v) is 4.22. The van der Waals surface area contributed by atoms with Crippen molar-refractivity contribution in [3.8, 4) is 0 Å². The van der Waals surface area contributed by atoms with Gasteiger partial charge in [-0.1, -0.05) is 74.0 Å². The molecule has 4 nitrogen and oxygen atoms in total. The zero-order valence-electron chi connectivity index (χ0n) is 18.7. The van der Waals surface area contributed by atoms with E-state index in [-0.39, 0.29) is 35.7 Å². The van der Waals surface area contributed by atoms with Crippen LogP contribution < -0.4 is 0 Å². The molecular weight excluding hydrogens is 372 g/mol. The van der Waals surface area contributed by atoms with E-state index in [4.69, 9.17) is 0 Å². The molecule has 1 aliphatic heterocycles. The van der Waals surface area contributed by atoms with Crippen molar-refractivity contribution < 1.29 is 9.59 Å². The Balaban J connectivity index is 1.79. The minimum atomic E-state index is -0.316. The summed E-state index contributed by atoms with van der Waals surface area (Å²) in [5, 5.41) is 0. The summed E-state index contributed by atoms with van der Waals surface area (Å²) >= 11 is 0. The maximum Gasteiger partial charge on any atom is 0.229 e. The van der Waals surface area contributed by atoms with Crippen molar-refractivity contribution in [2.24, 2.45) is 5.92 Å². The predicted octanol–water partition coefficient (Wildman–Crippen LogP) is 5.20. The van der Waals surface area contributed by atoms with Gasteiger partial charge < -0.3 is 9.80 Å². The molecule has 160 valence electrons. The Bertz CT molecular complexity index is 842. The second-order valence-electron chi connectivity index (χ2n) is 9.19. The van der Waals surface area contributed by atoms with E-state index in [2.05, 4.69) is 39.8 Å². The number of unbranched alkanes of at least 4 members (excludes halogenated alkanes) is 1. The third-order valence-electron chi connectivity index (χ3n) is 5.90. The van der Waals surface area contributed by atoms with Gasteiger partial charge in [-0.05, 0) is 38.3 Å². The average Bonchev–Trinajstić information content (AvgIpc) is 2.73. The largest absolute Gasteiger partial charge is 0.335 e. The van der Waals surface area contributed by atoms with Crippen LogP contribution >= 0.6 is 0 Å². The van der Waals surface area contributed by atoms with Crippen molar-refractivity contribution in [1.82, 2.24) is 9.80 Å². The molecule has 0 aromatic heterocycles. The Hall–Kier alpha value is -2.62. The molecule has 1 aliphatic rings. The van der Waals surface area contributed by atoms with E-state index in [0.717, 1.165) is 30.5 Å². The maximum atomic E-state index is 13.4. The fraction of sp³-hybridized carbons (Fsp3) is 0.462. The maximum absolute atomic E-state index is 13.4. The third kappa shape index (κ3) is 4.92. The summed E-state index contributed by atoms with van der Waals surface area (Å²) in [6.45, 7) is 9.61. The minimum Gasteiger partial charge on any atom is -0.335 e. The standard InChI is InChI=1S/C26H34N2O2/c1-5-6-17-27-24(21-15-11-8-12-16-21)22(25(27)30)18-23(29)28(26(2,3)4)19-20-13-9-7-10-14-20/h7-16,22,24H,5-6,17-19H2,1-4H3/t22-,24+/m1/s1. The molecule has 3 rings (SSSR count). The van der Waals surface area contributed by atoms with Crippen molar-refractivity contribution in [1.29, 1.82) is 0 Å². The van der Waals surface area contributed by atoms with Gasteiger partial charge in [0.2, 0.25) is 11.8 Å². The molecule has 30 heavy (non-hydrogen) atoms.